The second kappa shape index (κ2) is 12.9. The molecule has 0 saturated carbocycles. The highest BCUT2D eigenvalue weighted by atomic mass is 32.1. The van der Waals surface area contributed by atoms with Crippen molar-refractivity contribution < 1.29 is 13.7 Å². The summed E-state index contributed by atoms with van der Waals surface area (Å²) in [6, 6.07) is 42.9. The van der Waals surface area contributed by atoms with Crippen molar-refractivity contribution in [3.8, 4) is 11.1 Å². The molecule has 0 amide bonds. The summed E-state index contributed by atoms with van der Waals surface area (Å²) in [6.07, 6.45) is 0. The van der Waals surface area contributed by atoms with Crippen LogP contribution in [0.15, 0.2) is 206 Å². The highest BCUT2D eigenvalue weighted by Crippen LogP contribution is 2.50. The standard InChI is InChI=1S/C50H34BN3S/c1-6-18-35(19-7-1)36-32-45-48-46(33-36)54(40-26-14-5-15-27-40)49-42-28-16-17-29-47(42)55-50(49)51(48)43-31-30-41(34-44(43)53(45)39-24-12-4-13-25-39)52(37-20-8-2-9-21-37)38-22-10-3-11-23-38/h1-34H/i1D,4D,6D,7D,12D,13D,18D,19D,24D,25D. The van der Waals surface area contributed by atoms with E-state index in [0.29, 0.717) is 22.6 Å². The van der Waals surface area contributed by atoms with E-state index in [1.165, 1.54) is 0 Å². The van der Waals surface area contributed by atoms with Gasteiger partial charge in [-0.2, -0.15) is 0 Å². The third-order valence-corrected chi connectivity index (χ3v) is 11.6. The van der Waals surface area contributed by atoms with Gasteiger partial charge in [-0.3, -0.25) is 0 Å². The van der Waals surface area contributed by atoms with Gasteiger partial charge >= 0.3 is 0 Å². The van der Waals surface area contributed by atoms with Crippen molar-refractivity contribution in [3.05, 3.63) is 206 Å². The first-order chi connectivity index (χ1) is 31.5. The minimum absolute atomic E-state index is 0.0273. The van der Waals surface area contributed by atoms with Gasteiger partial charge in [-0.05, 0) is 101 Å². The average molecular weight is 730 g/mol. The molecule has 0 fully saturated rings. The Morgan fingerprint density at radius 3 is 1.78 bits per heavy atom. The van der Waals surface area contributed by atoms with Crippen molar-refractivity contribution in [2.24, 2.45) is 0 Å². The lowest BCUT2D eigenvalue weighted by Gasteiger charge is -2.44. The Labute approximate surface area is 339 Å². The summed E-state index contributed by atoms with van der Waals surface area (Å²) in [5.41, 5.74) is 7.64. The summed E-state index contributed by atoms with van der Waals surface area (Å²) < 4.78 is 91.8. The summed E-state index contributed by atoms with van der Waals surface area (Å²) in [7, 11) is 0. The number of para-hydroxylation sites is 4. The summed E-state index contributed by atoms with van der Waals surface area (Å²) in [4.78, 5) is 5.98. The summed E-state index contributed by atoms with van der Waals surface area (Å²) in [5, 5.41) is 1.00. The van der Waals surface area contributed by atoms with E-state index in [1.807, 2.05) is 115 Å². The van der Waals surface area contributed by atoms with Gasteiger partial charge in [0.25, 0.3) is 6.71 Å². The van der Waals surface area contributed by atoms with Gasteiger partial charge in [0.05, 0.1) is 19.4 Å². The SMILES string of the molecule is [2H]c1c([2H])c([2H])c(-c2cc3c4c(c2)N(c2ccccc2)c2c(sc5ccccc25)B4c2ccc(N(c4ccccc4)c4ccccc4)cc2N3c2c([2H])c([2H])c([2H])c([2H])c2[2H])c([2H])c1[2H]. The van der Waals surface area contributed by atoms with Gasteiger partial charge in [0.1, 0.15) is 0 Å². The predicted molar refractivity (Wildman–Crippen MR) is 236 cm³/mol. The molecule has 2 aliphatic rings. The Morgan fingerprint density at radius 1 is 0.491 bits per heavy atom. The normalized spacial score (nSPS) is 15.2. The van der Waals surface area contributed by atoms with E-state index >= 15 is 0 Å². The molecule has 0 aliphatic carbocycles. The van der Waals surface area contributed by atoms with Crippen LogP contribution in [0.2, 0.25) is 0 Å². The second-order valence-corrected chi connectivity index (χ2v) is 14.5. The van der Waals surface area contributed by atoms with Gasteiger partial charge in [-0.1, -0.05) is 127 Å². The zero-order chi connectivity index (χ0) is 45.0. The molecule has 258 valence electrons. The van der Waals surface area contributed by atoms with Crippen LogP contribution in [-0.2, 0) is 0 Å². The van der Waals surface area contributed by atoms with Crippen LogP contribution in [0.25, 0.3) is 21.2 Å². The van der Waals surface area contributed by atoms with Crippen LogP contribution in [0.5, 0.6) is 0 Å². The summed E-state index contributed by atoms with van der Waals surface area (Å²) in [5.74, 6) is 0. The smallest absolute Gasteiger partial charge is 0.264 e. The summed E-state index contributed by atoms with van der Waals surface area (Å²) in [6.45, 7) is -0.451. The monoisotopic (exact) mass is 729 g/mol. The molecular weight excluding hydrogens is 685 g/mol. The first-order valence-electron chi connectivity index (χ1n) is 23.0. The van der Waals surface area contributed by atoms with E-state index in [-0.39, 0.29) is 11.3 Å². The van der Waals surface area contributed by atoms with E-state index in [4.69, 9.17) is 8.22 Å². The minimum Gasteiger partial charge on any atom is -0.311 e. The molecule has 0 N–H and O–H groups in total. The molecule has 0 atom stereocenters. The van der Waals surface area contributed by atoms with Crippen molar-refractivity contribution in [1.29, 1.82) is 0 Å². The van der Waals surface area contributed by atoms with Crippen LogP contribution in [0, 0.1) is 0 Å². The highest BCUT2D eigenvalue weighted by molar-refractivity contribution is 7.33. The lowest BCUT2D eigenvalue weighted by atomic mass is 9.36. The lowest BCUT2D eigenvalue weighted by molar-refractivity contribution is 1.24. The Bertz CT molecular complexity index is 3330. The number of benzene rings is 8. The van der Waals surface area contributed by atoms with Crippen LogP contribution >= 0.6 is 11.3 Å². The second-order valence-electron chi connectivity index (χ2n) is 13.4. The van der Waals surface area contributed by atoms with Crippen molar-refractivity contribution in [2.45, 2.75) is 0 Å². The number of nitrogens with zero attached hydrogens (tertiary/aromatic N) is 3. The maximum Gasteiger partial charge on any atom is 0.264 e. The largest absolute Gasteiger partial charge is 0.311 e. The van der Waals surface area contributed by atoms with Gasteiger partial charge in [0, 0.05) is 60.4 Å². The van der Waals surface area contributed by atoms with E-state index < -0.39 is 67.1 Å². The third-order valence-electron chi connectivity index (χ3n) is 10.4. The van der Waals surface area contributed by atoms with Crippen LogP contribution in [0.4, 0.5) is 51.2 Å². The Hall–Kier alpha value is -6.82. The molecule has 55 heavy (non-hydrogen) atoms. The van der Waals surface area contributed by atoms with Crippen LogP contribution in [0.1, 0.15) is 13.7 Å². The average Bonchev–Trinajstić information content (AvgIpc) is 3.72. The number of thiophene rings is 1. The molecule has 8 aromatic carbocycles. The van der Waals surface area contributed by atoms with Crippen molar-refractivity contribution in [3.63, 3.8) is 0 Å². The fourth-order valence-electron chi connectivity index (χ4n) is 8.13. The first-order valence-corrected chi connectivity index (χ1v) is 18.8. The van der Waals surface area contributed by atoms with Crippen LogP contribution in [0.3, 0.4) is 0 Å². The first kappa shape index (κ1) is 23.1. The Balaban J connectivity index is 1.32. The van der Waals surface area contributed by atoms with Crippen molar-refractivity contribution in [2.75, 3.05) is 14.7 Å². The Kier molecular flexibility index (Phi) is 5.43. The van der Waals surface area contributed by atoms with E-state index in [0.717, 1.165) is 54.2 Å². The Morgan fingerprint density at radius 2 is 1.09 bits per heavy atom. The number of hydrogen-bond donors (Lipinski definition) is 0. The zero-order valence-electron chi connectivity index (χ0n) is 39.2. The zero-order valence-corrected chi connectivity index (χ0v) is 30.0. The van der Waals surface area contributed by atoms with Crippen molar-refractivity contribution in [1.82, 2.24) is 0 Å². The van der Waals surface area contributed by atoms with E-state index in [9.17, 15) is 5.48 Å². The van der Waals surface area contributed by atoms with Crippen LogP contribution in [-0.4, -0.2) is 6.71 Å². The van der Waals surface area contributed by atoms with Gasteiger partial charge in [0.2, 0.25) is 0 Å². The number of hydrogen-bond acceptors (Lipinski definition) is 4. The number of rotatable bonds is 6. The third kappa shape index (κ3) is 5.12. The van der Waals surface area contributed by atoms with Gasteiger partial charge in [-0.15, -0.1) is 11.3 Å². The summed E-state index contributed by atoms with van der Waals surface area (Å²) >= 11 is 1.67. The topological polar surface area (TPSA) is 9.72 Å². The number of anilines is 9. The highest BCUT2D eigenvalue weighted by Gasteiger charge is 2.45. The van der Waals surface area contributed by atoms with Crippen molar-refractivity contribution >= 4 is 95.0 Å². The molecule has 1 aromatic heterocycles. The van der Waals surface area contributed by atoms with Crippen LogP contribution < -0.4 is 30.4 Å². The molecule has 2 aliphatic heterocycles. The van der Waals surface area contributed by atoms with Gasteiger partial charge in [0.15, 0.2) is 0 Å². The maximum atomic E-state index is 9.49. The minimum atomic E-state index is -0.535. The molecule has 0 radical (unpaired) electrons. The molecular formula is C50H34BN3S. The molecule has 9 aromatic rings. The van der Waals surface area contributed by atoms with Gasteiger partial charge in [-0.25, -0.2) is 0 Å². The molecule has 0 saturated heterocycles. The predicted octanol–water partition coefficient (Wildman–Crippen LogP) is 12.1. The quantitative estimate of drug-likeness (QED) is 0.158. The van der Waals surface area contributed by atoms with Gasteiger partial charge < -0.3 is 14.7 Å². The van der Waals surface area contributed by atoms with E-state index in [2.05, 4.69) is 34.1 Å². The number of fused-ring (bicyclic) bond motifs is 6. The molecule has 3 heterocycles. The molecule has 11 rings (SSSR count). The molecule has 0 spiro atoms. The maximum absolute atomic E-state index is 9.49. The molecule has 0 unspecified atom stereocenters. The molecule has 5 heteroatoms. The fraction of sp³-hybridized carbons (Fsp3) is 0. The lowest BCUT2D eigenvalue weighted by Crippen LogP contribution is -2.60. The van der Waals surface area contributed by atoms with E-state index in [1.54, 1.807) is 22.3 Å². The fourth-order valence-corrected chi connectivity index (χ4v) is 9.45. The molecule has 3 nitrogen and oxygen atoms in total. The molecule has 0 bridgehead atoms.